The second kappa shape index (κ2) is 8.60. The van der Waals surface area contributed by atoms with Crippen LogP contribution in [0.5, 0.6) is 5.75 Å². The molecule has 0 saturated carbocycles. The van der Waals surface area contributed by atoms with Crippen molar-refractivity contribution in [2.75, 3.05) is 31.6 Å². The van der Waals surface area contributed by atoms with Gasteiger partial charge in [0.15, 0.2) is 6.10 Å². The van der Waals surface area contributed by atoms with Crippen LogP contribution in [0.3, 0.4) is 0 Å². The van der Waals surface area contributed by atoms with E-state index in [-0.39, 0.29) is 30.6 Å². The number of hydrogen-bond acceptors (Lipinski definition) is 4. The summed E-state index contributed by atoms with van der Waals surface area (Å²) in [4.78, 5) is 25.6. The van der Waals surface area contributed by atoms with E-state index in [0.29, 0.717) is 18.8 Å². The van der Waals surface area contributed by atoms with E-state index in [1.165, 1.54) is 0 Å². The van der Waals surface area contributed by atoms with E-state index in [2.05, 4.69) is 10.6 Å². The third-order valence-electron chi connectivity index (χ3n) is 3.33. The highest BCUT2D eigenvalue weighted by Gasteiger charge is 2.31. The SMILES string of the molecule is CNCCNC(=O)CCN1C(=O)C(C)Oc2ccccc21.Cl. The van der Waals surface area contributed by atoms with Crippen LogP contribution in [0.15, 0.2) is 24.3 Å². The number of anilines is 1. The van der Waals surface area contributed by atoms with E-state index in [1.807, 2.05) is 31.3 Å². The molecule has 7 heteroatoms. The number of amides is 2. The smallest absolute Gasteiger partial charge is 0.267 e. The fraction of sp³-hybridized carbons (Fsp3) is 0.467. The molecule has 6 nitrogen and oxygen atoms in total. The Morgan fingerprint density at radius 3 is 2.77 bits per heavy atom. The van der Waals surface area contributed by atoms with Gasteiger partial charge in [0.2, 0.25) is 5.91 Å². The molecule has 0 spiro atoms. The van der Waals surface area contributed by atoms with Crippen LogP contribution in [0.1, 0.15) is 13.3 Å². The largest absolute Gasteiger partial charge is 0.479 e. The number of hydrogen-bond donors (Lipinski definition) is 2. The fourth-order valence-corrected chi connectivity index (χ4v) is 2.22. The maximum atomic E-state index is 12.2. The minimum atomic E-state index is -0.521. The van der Waals surface area contributed by atoms with Crippen LogP contribution >= 0.6 is 12.4 Å². The number of likely N-dealkylation sites (N-methyl/N-ethyl adjacent to an activating group) is 1. The molecular weight excluding hydrogens is 306 g/mol. The Morgan fingerprint density at radius 2 is 2.05 bits per heavy atom. The Balaban J connectivity index is 0.00000242. The van der Waals surface area contributed by atoms with Crippen molar-refractivity contribution in [3.8, 4) is 5.75 Å². The maximum Gasteiger partial charge on any atom is 0.267 e. The topological polar surface area (TPSA) is 70.7 Å². The summed E-state index contributed by atoms with van der Waals surface area (Å²) in [6.07, 6.45) is -0.247. The summed E-state index contributed by atoms with van der Waals surface area (Å²) in [7, 11) is 1.83. The normalized spacial score (nSPS) is 16.4. The molecule has 2 amide bonds. The molecule has 2 N–H and O–H groups in total. The first-order chi connectivity index (χ1) is 10.1. The first-order valence-electron chi connectivity index (χ1n) is 7.12. The molecule has 0 fully saturated rings. The van der Waals surface area contributed by atoms with Crippen LogP contribution < -0.4 is 20.3 Å². The molecule has 22 heavy (non-hydrogen) atoms. The zero-order valence-corrected chi connectivity index (χ0v) is 13.6. The number of ether oxygens (including phenoxy) is 1. The summed E-state index contributed by atoms with van der Waals surface area (Å²) in [6.45, 7) is 3.38. The lowest BCUT2D eigenvalue weighted by atomic mass is 10.1. The Labute approximate surface area is 136 Å². The molecule has 2 rings (SSSR count). The van der Waals surface area contributed by atoms with Crippen molar-refractivity contribution in [3.05, 3.63) is 24.3 Å². The van der Waals surface area contributed by atoms with E-state index in [9.17, 15) is 9.59 Å². The summed E-state index contributed by atoms with van der Waals surface area (Å²) in [5.74, 6) is 0.506. The molecule has 122 valence electrons. The van der Waals surface area contributed by atoms with Gasteiger partial charge in [-0.3, -0.25) is 9.59 Å². The molecule has 1 aliphatic heterocycles. The number of rotatable bonds is 6. The zero-order valence-electron chi connectivity index (χ0n) is 12.8. The van der Waals surface area contributed by atoms with Crippen LogP contribution in [0, 0.1) is 0 Å². The van der Waals surface area contributed by atoms with E-state index in [4.69, 9.17) is 4.74 Å². The summed E-state index contributed by atoms with van der Waals surface area (Å²) < 4.78 is 5.56. The summed E-state index contributed by atoms with van der Waals surface area (Å²) in [6, 6.07) is 7.38. The second-order valence-corrected chi connectivity index (χ2v) is 4.92. The number of nitrogens with one attached hydrogen (secondary N) is 2. The lowest BCUT2D eigenvalue weighted by Gasteiger charge is -2.32. The van der Waals surface area contributed by atoms with Gasteiger partial charge in [0.1, 0.15) is 5.75 Å². The van der Waals surface area contributed by atoms with Gasteiger partial charge in [0, 0.05) is 26.1 Å². The number of carbonyl (C=O) groups is 2. The van der Waals surface area contributed by atoms with Crippen molar-refractivity contribution in [2.45, 2.75) is 19.4 Å². The number of nitrogens with zero attached hydrogens (tertiary/aromatic N) is 1. The lowest BCUT2D eigenvalue weighted by molar-refractivity contribution is -0.125. The number of para-hydroxylation sites is 2. The predicted octanol–water partition coefficient (Wildman–Crippen LogP) is 0.948. The van der Waals surface area contributed by atoms with Crippen molar-refractivity contribution in [1.82, 2.24) is 10.6 Å². The first kappa shape index (κ1) is 18.3. The Morgan fingerprint density at radius 1 is 1.32 bits per heavy atom. The van der Waals surface area contributed by atoms with Crippen molar-refractivity contribution in [2.24, 2.45) is 0 Å². The van der Waals surface area contributed by atoms with E-state index >= 15 is 0 Å². The molecule has 1 atom stereocenters. The van der Waals surface area contributed by atoms with E-state index < -0.39 is 6.10 Å². The van der Waals surface area contributed by atoms with E-state index in [1.54, 1.807) is 11.8 Å². The van der Waals surface area contributed by atoms with Gasteiger partial charge in [-0.25, -0.2) is 0 Å². The molecule has 0 aromatic heterocycles. The summed E-state index contributed by atoms with van der Waals surface area (Å²) in [5.41, 5.74) is 0.726. The van der Waals surface area contributed by atoms with Gasteiger partial charge in [-0.2, -0.15) is 0 Å². The molecule has 0 aliphatic carbocycles. The molecular formula is C15H22ClN3O3. The van der Waals surface area contributed by atoms with Gasteiger partial charge in [0.05, 0.1) is 5.69 Å². The highest BCUT2D eigenvalue weighted by atomic mass is 35.5. The number of fused-ring (bicyclic) bond motifs is 1. The molecule has 1 aliphatic rings. The Bertz CT molecular complexity index is 525. The molecule has 1 aromatic carbocycles. The molecule has 0 radical (unpaired) electrons. The van der Waals surface area contributed by atoms with Gasteiger partial charge >= 0.3 is 0 Å². The molecule has 1 aromatic rings. The molecule has 1 unspecified atom stereocenters. The fourth-order valence-electron chi connectivity index (χ4n) is 2.22. The monoisotopic (exact) mass is 327 g/mol. The highest BCUT2D eigenvalue weighted by molar-refractivity contribution is 6.00. The predicted molar refractivity (Wildman–Crippen MR) is 87.7 cm³/mol. The average Bonchev–Trinajstić information content (AvgIpc) is 2.48. The summed E-state index contributed by atoms with van der Waals surface area (Å²) >= 11 is 0. The first-order valence-corrected chi connectivity index (χ1v) is 7.12. The van der Waals surface area contributed by atoms with Gasteiger partial charge in [-0.05, 0) is 26.1 Å². The number of benzene rings is 1. The third-order valence-corrected chi connectivity index (χ3v) is 3.33. The minimum absolute atomic E-state index is 0. The van der Waals surface area contributed by atoms with Crippen molar-refractivity contribution >= 4 is 29.9 Å². The standard InChI is InChI=1S/C15H21N3O3.ClH/c1-11-15(20)18(10-7-14(19)17-9-8-16-2)12-5-3-4-6-13(12)21-11;/h3-6,11,16H,7-10H2,1-2H3,(H,17,19);1H. The maximum absolute atomic E-state index is 12.2. The van der Waals surface area contributed by atoms with Crippen LogP contribution in [0.4, 0.5) is 5.69 Å². The van der Waals surface area contributed by atoms with Crippen molar-refractivity contribution in [1.29, 1.82) is 0 Å². The number of carbonyl (C=O) groups excluding carboxylic acids is 2. The van der Waals surface area contributed by atoms with Crippen LogP contribution in [0.25, 0.3) is 0 Å². The Kier molecular flexibility index (Phi) is 7.14. The third kappa shape index (κ3) is 4.35. The second-order valence-electron chi connectivity index (χ2n) is 4.92. The van der Waals surface area contributed by atoms with Gasteiger partial charge in [-0.1, -0.05) is 12.1 Å². The average molecular weight is 328 g/mol. The van der Waals surface area contributed by atoms with Gasteiger partial charge in [0.25, 0.3) is 5.91 Å². The quantitative estimate of drug-likeness (QED) is 0.763. The van der Waals surface area contributed by atoms with Gasteiger partial charge in [-0.15, -0.1) is 12.4 Å². The zero-order chi connectivity index (χ0) is 15.2. The summed E-state index contributed by atoms with van der Waals surface area (Å²) in [5, 5.41) is 5.76. The molecule has 0 saturated heterocycles. The van der Waals surface area contributed by atoms with E-state index in [0.717, 1.165) is 12.2 Å². The Hall–Kier alpha value is -1.79. The van der Waals surface area contributed by atoms with Crippen LogP contribution in [0.2, 0.25) is 0 Å². The minimum Gasteiger partial charge on any atom is -0.479 e. The van der Waals surface area contributed by atoms with Gasteiger partial charge < -0.3 is 20.3 Å². The molecule has 0 bridgehead atoms. The van der Waals surface area contributed by atoms with Crippen molar-refractivity contribution < 1.29 is 14.3 Å². The van der Waals surface area contributed by atoms with Crippen molar-refractivity contribution in [3.63, 3.8) is 0 Å². The van der Waals surface area contributed by atoms with Crippen LogP contribution in [-0.2, 0) is 9.59 Å². The lowest BCUT2D eigenvalue weighted by Crippen LogP contribution is -2.46. The molecule has 1 heterocycles. The van der Waals surface area contributed by atoms with Crippen LogP contribution in [-0.4, -0.2) is 44.6 Å². The highest BCUT2D eigenvalue weighted by Crippen LogP contribution is 2.33. The number of halogens is 1.